The van der Waals surface area contributed by atoms with Crippen LogP contribution in [0, 0.1) is 13.8 Å². The number of amides is 1. The fourth-order valence-corrected chi connectivity index (χ4v) is 4.68. The second-order valence-electron chi connectivity index (χ2n) is 7.03. The number of nitrogens with zero attached hydrogens (tertiary/aromatic N) is 3. The molecule has 4 rings (SSSR count). The summed E-state index contributed by atoms with van der Waals surface area (Å²) in [6.45, 7) is 4.46. The van der Waals surface area contributed by atoms with E-state index in [-0.39, 0.29) is 11.9 Å². The first-order valence-corrected chi connectivity index (χ1v) is 10.3. The second kappa shape index (κ2) is 7.87. The van der Waals surface area contributed by atoms with E-state index < -0.39 is 0 Å². The van der Waals surface area contributed by atoms with Crippen LogP contribution in [0.15, 0.2) is 28.8 Å². The van der Waals surface area contributed by atoms with Gasteiger partial charge in [0.2, 0.25) is 0 Å². The van der Waals surface area contributed by atoms with Crippen molar-refractivity contribution in [2.75, 3.05) is 20.8 Å². The van der Waals surface area contributed by atoms with Gasteiger partial charge in [-0.15, -0.1) is 11.3 Å². The molecule has 1 aliphatic rings. The van der Waals surface area contributed by atoms with Crippen molar-refractivity contribution in [3.05, 3.63) is 46.3 Å². The van der Waals surface area contributed by atoms with E-state index in [2.05, 4.69) is 10.1 Å². The average Bonchev–Trinajstić information content (AvgIpc) is 3.46. The lowest BCUT2D eigenvalue weighted by Gasteiger charge is -2.22. The highest BCUT2D eigenvalue weighted by molar-refractivity contribution is 7.17. The summed E-state index contributed by atoms with van der Waals surface area (Å²) in [7, 11) is 3.20. The smallest absolute Gasteiger partial charge is 0.266 e. The molecule has 0 N–H and O–H groups in total. The van der Waals surface area contributed by atoms with E-state index in [0.717, 1.165) is 40.6 Å². The van der Waals surface area contributed by atoms with Crippen molar-refractivity contribution in [2.24, 2.45) is 0 Å². The Hall–Kier alpha value is -2.87. The standard InChI is InChI=1S/C21H23N3O4S/c1-12-10-17(28-23-12)15-6-5-9-24(15)21(25)19-13(2)22-20(29-19)14-7-8-16(26-3)18(11-14)27-4/h7-8,10-11,15H,5-6,9H2,1-4H3/t15-/m0/s1. The van der Waals surface area contributed by atoms with Gasteiger partial charge in [0.1, 0.15) is 9.88 Å². The molecule has 7 nitrogen and oxygen atoms in total. The van der Waals surface area contributed by atoms with Crippen molar-refractivity contribution in [3.63, 3.8) is 0 Å². The summed E-state index contributed by atoms with van der Waals surface area (Å²) in [5, 5.41) is 4.75. The predicted octanol–water partition coefficient (Wildman–Crippen LogP) is 4.41. The molecule has 0 bridgehead atoms. The maximum absolute atomic E-state index is 13.3. The maximum atomic E-state index is 13.3. The molecule has 152 valence electrons. The molecular weight excluding hydrogens is 390 g/mol. The van der Waals surface area contributed by atoms with Gasteiger partial charge in [0.15, 0.2) is 17.3 Å². The lowest BCUT2D eigenvalue weighted by atomic mass is 10.1. The molecule has 0 saturated carbocycles. The largest absolute Gasteiger partial charge is 0.493 e. The first-order valence-electron chi connectivity index (χ1n) is 9.45. The number of hydrogen-bond acceptors (Lipinski definition) is 7. The lowest BCUT2D eigenvalue weighted by molar-refractivity contribution is 0.0718. The molecule has 1 aliphatic heterocycles. The Morgan fingerprint density at radius 1 is 1.21 bits per heavy atom. The molecule has 3 heterocycles. The van der Waals surface area contributed by atoms with E-state index in [0.29, 0.717) is 22.9 Å². The molecule has 1 atom stereocenters. The van der Waals surface area contributed by atoms with Crippen LogP contribution in [-0.2, 0) is 0 Å². The first-order chi connectivity index (χ1) is 14.0. The van der Waals surface area contributed by atoms with Gasteiger partial charge in [-0.05, 0) is 44.9 Å². The van der Waals surface area contributed by atoms with Crippen molar-refractivity contribution in [1.82, 2.24) is 15.0 Å². The number of carbonyl (C=O) groups excluding carboxylic acids is 1. The summed E-state index contributed by atoms with van der Waals surface area (Å²) >= 11 is 1.40. The summed E-state index contributed by atoms with van der Waals surface area (Å²) in [6.07, 6.45) is 1.82. The number of hydrogen-bond donors (Lipinski definition) is 0. The van der Waals surface area contributed by atoms with Gasteiger partial charge in [0.25, 0.3) is 5.91 Å². The summed E-state index contributed by atoms with van der Waals surface area (Å²) in [4.78, 5) is 20.5. The van der Waals surface area contributed by atoms with E-state index in [9.17, 15) is 4.79 Å². The quantitative estimate of drug-likeness (QED) is 0.617. The topological polar surface area (TPSA) is 77.7 Å². The number of likely N-dealkylation sites (tertiary alicyclic amines) is 1. The number of ether oxygens (including phenoxy) is 2. The minimum atomic E-state index is -0.0743. The van der Waals surface area contributed by atoms with E-state index >= 15 is 0 Å². The number of aromatic nitrogens is 2. The zero-order valence-electron chi connectivity index (χ0n) is 16.9. The van der Waals surface area contributed by atoms with E-state index in [1.165, 1.54) is 11.3 Å². The third-order valence-electron chi connectivity index (χ3n) is 5.11. The van der Waals surface area contributed by atoms with Gasteiger partial charge >= 0.3 is 0 Å². The van der Waals surface area contributed by atoms with Crippen molar-refractivity contribution in [3.8, 4) is 22.1 Å². The Labute approximate surface area is 173 Å². The van der Waals surface area contributed by atoms with Crippen LogP contribution in [0.5, 0.6) is 11.5 Å². The van der Waals surface area contributed by atoms with E-state index in [4.69, 9.17) is 14.0 Å². The molecule has 1 amide bonds. The van der Waals surface area contributed by atoms with E-state index in [1.54, 1.807) is 14.2 Å². The summed E-state index contributed by atoms with van der Waals surface area (Å²) in [5.41, 5.74) is 2.44. The molecule has 1 fully saturated rings. The molecular formula is C21H23N3O4S. The Kier molecular flexibility index (Phi) is 5.27. The lowest BCUT2D eigenvalue weighted by Crippen LogP contribution is -2.30. The number of carbonyl (C=O) groups is 1. The zero-order valence-corrected chi connectivity index (χ0v) is 17.7. The number of benzene rings is 1. The van der Waals surface area contributed by atoms with Gasteiger partial charge in [-0.3, -0.25) is 4.79 Å². The normalized spacial score (nSPS) is 16.3. The van der Waals surface area contributed by atoms with Crippen LogP contribution in [0.4, 0.5) is 0 Å². The van der Waals surface area contributed by atoms with Crippen molar-refractivity contribution in [2.45, 2.75) is 32.7 Å². The van der Waals surface area contributed by atoms with Gasteiger partial charge in [-0.1, -0.05) is 5.16 Å². The SMILES string of the molecule is COc1ccc(-c2nc(C)c(C(=O)N3CCC[C@H]3c3cc(C)no3)s2)cc1OC. The van der Waals surface area contributed by atoms with Crippen LogP contribution < -0.4 is 9.47 Å². The van der Waals surface area contributed by atoms with Crippen molar-refractivity contribution in [1.29, 1.82) is 0 Å². The molecule has 0 aliphatic carbocycles. The minimum Gasteiger partial charge on any atom is -0.493 e. The van der Waals surface area contributed by atoms with Gasteiger partial charge in [0, 0.05) is 18.2 Å². The highest BCUT2D eigenvalue weighted by Crippen LogP contribution is 2.38. The molecule has 3 aromatic rings. The molecule has 0 radical (unpaired) electrons. The molecule has 1 aromatic carbocycles. The Morgan fingerprint density at radius 3 is 2.69 bits per heavy atom. The summed E-state index contributed by atoms with van der Waals surface area (Å²) in [5.74, 6) is 2.02. The molecule has 2 aromatic heterocycles. The molecule has 8 heteroatoms. The van der Waals surface area contributed by atoms with Gasteiger partial charge in [0.05, 0.1) is 31.6 Å². The maximum Gasteiger partial charge on any atom is 0.266 e. The fraction of sp³-hybridized carbons (Fsp3) is 0.381. The highest BCUT2D eigenvalue weighted by Gasteiger charge is 2.34. The minimum absolute atomic E-state index is 0.0109. The highest BCUT2D eigenvalue weighted by atomic mass is 32.1. The second-order valence-corrected chi connectivity index (χ2v) is 8.03. The monoisotopic (exact) mass is 413 g/mol. The van der Waals surface area contributed by atoms with Crippen LogP contribution in [0.1, 0.15) is 45.7 Å². The molecule has 1 saturated heterocycles. The Morgan fingerprint density at radius 2 is 2.00 bits per heavy atom. The molecule has 0 unspecified atom stereocenters. The summed E-state index contributed by atoms with van der Waals surface area (Å²) in [6, 6.07) is 7.47. The average molecular weight is 413 g/mol. The van der Waals surface area contributed by atoms with Crippen molar-refractivity contribution < 1.29 is 18.8 Å². The zero-order chi connectivity index (χ0) is 20.5. The van der Waals surface area contributed by atoms with E-state index in [1.807, 2.05) is 43.0 Å². The van der Waals surface area contributed by atoms with Crippen LogP contribution >= 0.6 is 11.3 Å². The molecule has 0 spiro atoms. The van der Waals surface area contributed by atoms with Gasteiger partial charge < -0.3 is 18.9 Å². The first kappa shape index (κ1) is 19.4. The Bertz CT molecular complexity index is 1040. The van der Waals surface area contributed by atoms with Crippen LogP contribution in [0.2, 0.25) is 0 Å². The predicted molar refractivity (Wildman–Crippen MR) is 110 cm³/mol. The Balaban J connectivity index is 1.63. The number of aryl methyl sites for hydroxylation is 2. The van der Waals surface area contributed by atoms with Crippen molar-refractivity contribution >= 4 is 17.2 Å². The number of methoxy groups -OCH3 is 2. The third-order valence-corrected chi connectivity index (χ3v) is 6.30. The fourth-order valence-electron chi connectivity index (χ4n) is 3.66. The number of rotatable bonds is 5. The number of thiazole rings is 1. The van der Waals surface area contributed by atoms with Crippen LogP contribution in [0.3, 0.4) is 0 Å². The van der Waals surface area contributed by atoms with Gasteiger partial charge in [-0.25, -0.2) is 4.98 Å². The van der Waals surface area contributed by atoms with Gasteiger partial charge in [-0.2, -0.15) is 0 Å². The summed E-state index contributed by atoms with van der Waals surface area (Å²) < 4.78 is 16.1. The van der Waals surface area contributed by atoms with Crippen LogP contribution in [-0.4, -0.2) is 41.7 Å². The molecule has 29 heavy (non-hydrogen) atoms. The third kappa shape index (κ3) is 3.60. The van der Waals surface area contributed by atoms with Crippen LogP contribution in [0.25, 0.3) is 10.6 Å².